The van der Waals surface area contributed by atoms with Gasteiger partial charge in [-0.2, -0.15) is 0 Å². The lowest BCUT2D eigenvalue weighted by atomic mass is 9.75. The monoisotopic (exact) mass is 814 g/mol. The van der Waals surface area contributed by atoms with Gasteiger partial charge < -0.3 is 9.80 Å². The molecule has 0 atom stereocenters. The molecular formula is C59H46N2S. The minimum absolute atomic E-state index is 0.0981. The lowest BCUT2D eigenvalue weighted by Crippen LogP contribution is -2.26. The van der Waals surface area contributed by atoms with E-state index >= 15 is 0 Å². The molecule has 13 rings (SSSR count). The summed E-state index contributed by atoms with van der Waals surface area (Å²) in [7, 11) is 0. The third-order valence-electron chi connectivity index (χ3n) is 14.7. The number of hydrogen-bond donors (Lipinski definition) is 0. The molecular weight excluding hydrogens is 769 g/mol. The Morgan fingerprint density at radius 3 is 1.61 bits per heavy atom. The van der Waals surface area contributed by atoms with Crippen LogP contribution in [0.15, 0.2) is 180 Å². The van der Waals surface area contributed by atoms with Crippen molar-refractivity contribution in [1.82, 2.24) is 0 Å². The van der Waals surface area contributed by atoms with E-state index in [-0.39, 0.29) is 10.8 Å². The number of rotatable bonds is 4. The van der Waals surface area contributed by atoms with Gasteiger partial charge in [-0.3, -0.25) is 0 Å². The second-order valence-electron chi connectivity index (χ2n) is 18.5. The van der Waals surface area contributed by atoms with Gasteiger partial charge in [-0.15, -0.1) is 0 Å². The number of para-hydroxylation sites is 3. The molecule has 3 heteroatoms. The summed E-state index contributed by atoms with van der Waals surface area (Å²) in [5.74, 6) is 0. The molecule has 2 heterocycles. The van der Waals surface area contributed by atoms with Gasteiger partial charge in [-0.25, -0.2) is 0 Å². The largest absolute Gasteiger partial charge is 0.341 e. The second-order valence-corrected chi connectivity index (χ2v) is 19.6. The molecule has 2 aliphatic heterocycles. The normalized spacial score (nSPS) is 16.6. The zero-order chi connectivity index (χ0) is 41.2. The van der Waals surface area contributed by atoms with Crippen LogP contribution in [0, 0.1) is 0 Å². The molecule has 0 N–H and O–H groups in total. The fourth-order valence-electron chi connectivity index (χ4n) is 11.7. The first-order chi connectivity index (χ1) is 30.4. The minimum Gasteiger partial charge on any atom is -0.341 e. The molecule has 8 aromatic carbocycles. The molecule has 2 nitrogen and oxygen atoms in total. The van der Waals surface area contributed by atoms with Crippen molar-refractivity contribution in [1.29, 1.82) is 0 Å². The van der Waals surface area contributed by atoms with Gasteiger partial charge in [0.05, 0.1) is 11.4 Å². The first kappa shape index (κ1) is 36.1. The minimum atomic E-state index is -0.129. The van der Waals surface area contributed by atoms with Crippen LogP contribution in [-0.4, -0.2) is 6.54 Å². The van der Waals surface area contributed by atoms with Crippen LogP contribution in [-0.2, 0) is 30.1 Å². The second kappa shape index (κ2) is 13.5. The number of hydrogen-bond acceptors (Lipinski definition) is 3. The summed E-state index contributed by atoms with van der Waals surface area (Å²) in [6.45, 7) is 5.87. The predicted molar refractivity (Wildman–Crippen MR) is 260 cm³/mol. The Labute approximate surface area is 369 Å². The van der Waals surface area contributed by atoms with Gasteiger partial charge >= 0.3 is 0 Å². The van der Waals surface area contributed by atoms with E-state index in [9.17, 15) is 0 Å². The van der Waals surface area contributed by atoms with Crippen molar-refractivity contribution in [2.75, 3.05) is 16.3 Å². The lowest BCUT2D eigenvalue weighted by Gasteiger charge is -2.34. The lowest BCUT2D eigenvalue weighted by molar-refractivity contribution is 0.563. The van der Waals surface area contributed by atoms with E-state index in [2.05, 4.69) is 206 Å². The summed E-state index contributed by atoms with van der Waals surface area (Å²) in [6.07, 6.45) is 9.03. The Hall–Kier alpha value is -6.55. The molecule has 0 unspecified atom stereocenters. The van der Waals surface area contributed by atoms with Gasteiger partial charge in [0.25, 0.3) is 0 Å². The summed E-state index contributed by atoms with van der Waals surface area (Å²) in [6, 6.07) is 64.6. The summed E-state index contributed by atoms with van der Waals surface area (Å²) in [5, 5.41) is 0. The molecule has 298 valence electrons. The third-order valence-corrected chi connectivity index (χ3v) is 15.9. The number of anilines is 5. The van der Waals surface area contributed by atoms with E-state index < -0.39 is 0 Å². The molecule has 8 aromatic rings. The molecule has 1 spiro atoms. The van der Waals surface area contributed by atoms with E-state index in [0.29, 0.717) is 0 Å². The van der Waals surface area contributed by atoms with E-state index in [1.54, 1.807) is 0 Å². The van der Waals surface area contributed by atoms with Crippen LogP contribution < -0.4 is 9.80 Å². The summed E-state index contributed by atoms with van der Waals surface area (Å²) >= 11 is 1.87. The molecule has 0 fully saturated rings. The van der Waals surface area contributed by atoms with Crippen LogP contribution >= 0.6 is 11.8 Å². The fraction of sp³-hybridized carbons (Fsp3) is 0.153. The van der Waals surface area contributed by atoms with Crippen LogP contribution in [0.2, 0.25) is 0 Å². The highest BCUT2D eigenvalue weighted by Gasteiger charge is 2.47. The zero-order valence-electron chi connectivity index (χ0n) is 35.2. The summed E-state index contributed by atoms with van der Waals surface area (Å²) in [4.78, 5) is 7.59. The van der Waals surface area contributed by atoms with Crippen LogP contribution in [0.25, 0.3) is 34.4 Å². The van der Waals surface area contributed by atoms with Gasteiger partial charge in [0.2, 0.25) is 0 Å². The Morgan fingerprint density at radius 2 is 0.952 bits per heavy atom. The van der Waals surface area contributed by atoms with E-state index in [1.165, 1.54) is 117 Å². The fourth-order valence-corrected chi connectivity index (χ4v) is 12.8. The standard InChI is InChI=1S/C59H46N2S/c1-58(2)49-32-38(23-27-45(49)46-29-25-43(34-50(46)58)60-31-11-15-40-12-5-6-16-53(40)60)21-22-39-24-28-47-48-30-26-44(61-54-17-7-9-19-56(54)62-57-20-10-8-18-55(57)61)35-52(48)59(51(47)33-39)36-41-13-3-4-14-42(41)37-59/h3-10,12-14,16-30,32-35H,11,15,31,36-37H2,1-2H3. The Balaban J connectivity index is 0.853. The average Bonchev–Trinajstić information content (AvgIpc) is 3.91. The highest BCUT2D eigenvalue weighted by molar-refractivity contribution is 7.99. The van der Waals surface area contributed by atoms with Crippen molar-refractivity contribution in [2.24, 2.45) is 0 Å². The van der Waals surface area contributed by atoms with Crippen LogP contribution in [0.3, 0.4) is 0 Å². The summed E-state index contributed by atoms with van der Waals surface area (Å²) in [5.41, 5.74) is 24.2. The molecule has 5 aliphatic rings. The Kier molecular flexibility index (Phi) is 7.85. The molecule has 0 saturated carbocycles. The average molecular weight is 815 g/mol. The maximum Gasteiger partial charge on any atom is 0.0601 e. The number of nitrogens with zero attached hydrogens (tertiary/aromatic N) is 2. The van der Waals surface area contributed by atoms with Crippen molar-refractivity contribution >= 4 is 52.4 Å². The smallest absolute Gasteiger partial charge is 0.0601 e. The van der Waals surface area contributed by atoms with Crippen molar-refractivity contribution in [3.05, 3.63) is 220 Å². The topological polar surface area (TPSA) is 6.48 Å². The van der Waals surface area contributed by atoms with Gasteiger partial charge in [0.1, 0.15) is 0 Å². The Bertz CT molecular complexity index is 3140. The maximum atomic E-state index is 2.53. The van der Waals surface area contributed by atoms with E-state index in [0.717, 1.165) is 25.8 Å². The molecule has 0 radical (unpaired) electrons. The summed E-state index contributed by atoms with van der Waals surface area (Å²) < 4.78 is 0. The predicted octanol–water partition coefficient (Wildman–Crippen LogP) is 15.2. The van der Waals surface area contributed by atoms with Crippen molar-refractivity contribution < 1.29 is 0 Å². The number of aryl methyl sites for hydroxylation is 1. The van der Waals surface area contributed by atoms with Gasteiger partial charge in [-0.1, -0.05) is 153 Å². The Morgan fingerprint density at radius 1 is 0.468 bits per heavy atom. The van der Waals surface area contributed by atoms with Crippen molar-refractivity contribution in [3.63, 3.8) is 0 Å². The van der Waals surface area contributed by atoms with Gasteiger partial charge in [0, 0.05) is 44.2 Å². The first-order valence-electron chi connectivity index (χ1n) is 22.3. The maximum absolute atomic E-state index is 2.53. The molecule has 3 aliphatic carbocycles. The van der Waals surface area contributed by atoms with Crippen LogP contribution in [0.4, 0.5) is 28.4 Å². The highest BCUT2D eigenvalue weighted by atomic mass is 32.2. The molecule has 0 saturated heterocycles. The molecule has 0 aromatic heterocycles. The third kappa shape index (κ3) is 5.31. The molecule has 62 heavy (non-hydrogen) atoms. The van der Waals surface area contributed by atoms with E-state index in [4.69, 9.17) is 0 Å². The first-order valence-corrected chi connectivity index (χ1v) is 23.1. The van der Waals surface area contributed by atoms with Gasteiger partial charge in [-0.05, 0) is 153 Å². The molecule has 0 bridgehead atoms. The van der Waals surface area contributed by atoms with Gasteiger partial charge in [0.15, 0.2) is 0 Å². The van der Waals surface area contributed by atoms with Crippen LogP contribution in [0.1, 0.15) is 70.3 Å². The zero-order valence-corrected chi connectivity index (χ0v) is 36.0. The quantitative estimate of drug-likeness (QED) is 0.163. The number of benzene rings is 8. The van der Waals surface area contributed by atoms with Crippen LogP contribution in [0.5, 0.6) is 0 Å². The van der Waals surface area contributed by atoms with Crippen molar-refractivity contribution in [3.8, 4) is 22.3 Å². The van der Waals surface area contributed by atoms with E-state index in [1.807, 2.05) is 11.8 Å². The SMILES string of the molecule is CC1(C)c2cc(C=Cc3ccc4c(c3)C3(Cc5ccccc5C3)c3cc(N5c6ccccc6Sc6ccccc65)ccc3-4)ccc2-c2ccc(N3CCCc4ccccc43)cc21. The molecule has 0 amide bonds. The van der Waals surface area contributed by atoms with Crippen molar-refractivity contribution in [2.45, 2.75) is 60.2 Å². The number of fused-ring (bicyclic) bond motifs is 12. The highest BCUT2D eigenvalue weighted by Crippen LogP contribution is 2.58.